The summed E-state index contributed by atoms with van der Waals surface area (Å²) in [5.74, 6) is -0.511. The largest absolute Gasteiger partial charge is 0.467 e. The maximum absolute atomic E-state index is 12.2. The number of rotatable bonds is 8. The van der Waals surface area contributed by atoms with Crippen LogP contribution in [0.15, 0.2) is 70.7 Å². The van der Waals surface area contributed by atoms with Crippen LogP contribution < -0.4 is 5.32 Å². The van der Waals surface area contributed by atoms with E-state index in [9.17, 15) is 9.59 Å². The normalized spacial score (nSPS) is 12.2. The number of benzene rings is 2. The fourth-order valence-electron chi connectivity index (χ4n) is 2.68. The summed E-state index contributed by atoms with van der Waals surface area (Å²) >= 11 is 3.54. The van der Waals surface area contributed by atoms with Crippen molar-refractivity contribution in [2.75, 3.05) is 7.11 Å². The first-order valence-electron chi connectivity index (χ1n) is 8.96. The van der Waals surface area contributed by atoms with Crippen molar-refractivity contribution < 1.29 is 19.1 Å². The minimum atomic E-state index is -0.818. The first-order valence-corrected chi connectivity index (χ1v) is 9.75. The van der Waals surface area contributed by atoms with Gasteiger partial charge in [0.1, 0.15) is 12.6 Å². The van der Waals surface area contributed by atoms with E-state index < -0.39 is 18.1 Å². The Morgan fingerprint density at radius 2 is 1.79 bits per heavy atom. The molecule has 0 aliphatic rings. The summed E-state index contributed by atoms with van der Waals surface area (Å²) in [7, 11) is 1.30. The smallest absolute Gasteiger partial charge is 0.408 e. The molecule has 0 radical (unpaired) electrons. The third kappa shape index (κ3) is 6.85. The SMILES string of the molecule is C/C=C(\Cc1ccccc1Br)CC(NC(=O)OCc1ccccc1)C(=O)OC. The van der Waals surface area contributed by atoms with Crippen molar-refractivity contribution in [3.8, 4) is 0 Å². The Labute approximate surface area is 173 Å². The summed E-state index contributed by atoms with van der Waals surface area (Å²) in [6.07, 6.45) is 2.29. The molecular formula is C22H24BrNO4. The van der Waals surface area contributed by atoms with Gasteiger partial charge in [-0.25, -0.2) is 9.59 Å². The van der Waals surface area contributed by atoms with Crippen LogP contribution in [0.4, 0.5) is 4.79 Å². The van der Waals surface area contributed by atoms with Gasteiger partial charge in [0.05, 0.1) is 7.11 Å². The van der Waals surface area contributed by atoms with Crippen molar-refractivity contribution in [3.63, 3.8) is 0 Å². The lowest BCUT2D eigenvalue weighted by Crippen LogP contribution is -2.42. The molecule has 0 bridgehead atoms. The second-order valence-electron chi connectivity index (χ2n) is 6.20. The maximum atomic E-state index is 12.2. The molecule has 6 heteroatoms. The molecule has 0 fully saturated rings. The Kier molecular flexibility index (Phi) is 8.75. The number of esters is 1. The van der Waals surface area contributed by atoms with Crippen LogP contribution >= 0.6 is 15.9 Å². The van der Waals surface area contributed by atoms with E-state index in [1.54, 1.807) is 0 Å². The number of allylic oxidation sites excluding steroid dienone is 1. The van der Waals surface area contributed by atoms with Gasteiger partial charge in [0.15, 0.2) is 0 Å². The second kappa shape index (κ2) is 11.3. The lowest BCUT2D eigenvalue weighted by atomic mass is 9.98. The van der Waals surface area contributed by atoms with E-state index in [-0.39, 0.29) is 6.61 Å². The predicted octanol–water partition coefficient (Wildman–Crippen LogP) is 4.80. The van der Waals surface area contributed by atoms with Crippen LogP contribution in [0.2, 0.25) is 0 Å². The van der Waals surface area contributed by atoms with Crippen molar-refractivity contribution in [2.45, 2.75) is 32.4 Å². The van der Waals surface area contributed by atoms with Crippen LogP contribution in [0.3, 0.4) is 0 Å². The number of alkyl carbamates (subject to hydrolysis) is 1. The highest BCUT2D eigenvalue weighted by molar-refractivity contribution is 9.10. The van der Waals surface area contributed by atoms with Gasteiger partial charge in [0, 0.05) is 4.47 Å². The van der Waals surface area contributed by atoms with Crippen molar-refractivity contribution in [1.29, 1.82) is 0 Å². The van der Waals surface area contributed by atoms with Crippen molar-refractivity contribution in [3.05, 3.63) is 81.8 Å². The van der Waals surface area contributed by atoms with E-state index in [1.807, 2.05) is 67.6 Å². The molecule has 2 aromatic rings. The summed E-state index contributed by atoms with van der Waals surface area (Å²) in [6, 6.07) is 16.4. The first-order chi connectivity index (χ1) is 13.5. The van der Waals surface area contributed by atoms with Crippen LogP contribution in [0.25, 0.3) is 0 Å². The summed E-state index contributed by atoms with van der Waals surface area (Å²) in [5, 5.41) is 2.61. The van der Waals surface area contributed by atoms with E-state index in [2.05, 4.69) is 21.2 Å². The topological polar surface area (TPSA) is 64.6 Å². The van der Waals surface area contributed by atoms with E-state index in [0.29, 0.717) is 12.8 Å². The number of hydrogen-bond donors (Lipinski definition) is 1. The summed E-state index contributed by atoms with van der Waals surface area (Å²) in [6.45, 7) is 2.04. The highest BCUT2D eigenvalue weighted by Crippen LogP contribution is 2.21. The molecule has 0 saturated heterocycles. The molecule has 1 unspecified atom stereocenters. The minimum absolute atomic E-state index is 0.133. The Morgan fingerprint density at radius 3 is 2.43 bits per heavy atom. The number of methoxy groups -OCH3 is 1. The third-order valence-corrected chi connectivity index (χ3v) is 5.01. The van der Waals surface area contributed by atoms with E-state index in [1.165, 1.54) is 7.11 Å². The Balaban J connectivity index is 1.98. The van der Waals surface area contributed by atoms with Crippen LogP contribution in [-0.4, -0.2) is 25.2 Å². The number of amides is 1. The summed E-state index contributed by atoms with van der Waals surface area (Å²) in [4.78, 5) is 24.3. The van der Waals surface area contributed by atoms with Gasteiger partial charge in [-0.1, -0.05) is 76.1 Å². The minimum Gasteiger partial charge on any atom is -0.467 e. The van der Waals surface area contributed by atoms with Gasteiger partial charge in [0.2, 0.25) is 0 Å². The molecule has 2 aromatic carbocycles. The predicted molar refractivity (Wildman–Crippen MR) is 112 cm³/mol. The van der Waals surface area contributed by atoms with Gasteiger partial charge < -0.3 is 14.8 Å². The molecule has 0 saturated carbocycles. The molecule has 148 valence electrons. The quantitative estimate of drug-likeness (QED) is 0.468. The van der Waals surface area contributed by atoms with Crippen LogP contribution in [0.5, 0.6) is 0 Å². The highest BCUT2D eigenvalue weighted by Gasteiger charge is 2.23. The van der Waals surface area contributed by atoms with Crippen LogP contribution in [-0.2, 0) is 27.3 Å². The van der Waals surface area contributed by atoms with Crippen LogP contribution in [0, 0.1) is 0 Å². The number of nitrogens with one attached hydrogen (secondary N) is 1. The molecule has 1 amide bonds. The molecule has 0 heterocycles. The molecule has 0 aliphatic carbocycles. The van der Waals surface area contributed by atoms with Crippen molar-refractivity contribution in [1.82, 2.24) is 5.32 Å². The van der Waals surface area contributed by atoms with Gasteiger partial charge in [-0.05, 0) is 37.0 Å². The highest BCUT2D eigenvalue weighted by atomic mass is 79.9. The average Bonchev–Trinajstić information content (AvgIpc) is 2.72. The number of halogens is 1. The zero-order valence-corrected chi connectivity index (χ0v) is 17.6. The van der Waals surface area contributed by atoms with Gasteiger partial charge in [0.25, 0.3) is 0 Å². The maximum Gasteiger partial charge on any atom is 0.408 e. The van der Waals surface area contributed by atoms with Gasteiger partial charge in [-0.3, -0.25) is 0 Å². The Hall–Kier alpha value is -2.60. The average molecular weight is 446 g/mol. The second-order valence-corrected chi connectivity index (χ2v) is 7.06. The van der Waals surface area contributed by atoms with Gasteiger partial charge in [-0.15, -0.1) is 0 Å². The molecule has 5 nitrogen and oxygen atoms in total. The summed E-state index contributed by atoms with van der Waals surface area (Å²) < 4.78 is 11.1. The fraction of sp³-hybridized carbons (Fsp3) is 0.273. The Bertz CT molecular complexity index is 820. The van der Waals surface area contributed by atoms with Crippen LogP contribution in [0.1, 0.15) is 24.5 Å². The monoisotopic (exact) mass is 445 g/mol. The van der Waals surface area contributed by atoms with Crippen molar-refractivity contribution in [2.24, 2.45) is 0 Å². The third-order valence-electron chi connectivity index (χ3n) is 4.24. The zero-order valence-electron chi connectivity index (χ0n) is 16.0. The molecule has 2 rings (SSSR count). The van der Waals surface area contributed by atoms with Gasteiger partial charge >= 0.3 is 12.1 Å². The molecule has 1 N–H and O–H groups in total. The number of hydrogen-bond acceptors (Lipinski definition) is 4. The Morgan fingerprint density at radius 1 is 1.11 bits per heavy atom. The number of ether oxygens (including phenoxy) is 2. The zero-order chi connectivity index (χ0) is 20.4. The van der Waals surface area contributed by atoms with Gasteiger partial charge in [-0.2, -0.15) is 0 Å². The number of carbonyl (C=O) groups excluding carboxylic acids is 2. The molecule has 0 aromatic heterocycles. The van der Waals surface area contributed by atoms with E-state index in [4.69, 9.17) is 9.47 Å². The molecular weight excluding hydrogens is 422 g/mol. The van der Waals surface area contributed by atoms with E-state index in [0.717, 1.165) is 21.2 Å². The number of carbonyl (C=O) groups is 2. The molecule has 0 spiro atoms. The fourth-order valence-corrected chi connectivity index (χ4v) is 3.11. The molecule has 28 heavy (non-hydrogen) atoms. The lowest BCUT2D eigenvalue weighted by molar-refractivity contribution is -0.143. The van der Waals surface area contributed by atoms with Crippen molar-refractivity contribution >= 4 is 28.0 Å². The first kappa shape index (κ1) is 21.7. The standard InChI is InChI=1S/C22H24BrNO4/c1-3-16(13-18-11-7-8-12-19(18)23)14-20(21(25)27-2)24-22(26)28-15-17-9-5-4-6-10-17/h3-12,20H,13-15H2,1-2H3,(H,24,26)/b16-3+. The summed E-state index contributed by atoms with van der Waals surface area (Å²) in [5.41, 5.74) is 2.98. The van der Waals surface area contributed by atoms with E-state index >= 15 is 0 Å². The molecule has 0 aliphatic heterocycles. The molecule has 1 atom stereocenters. The lowest BCUT2D eigenvalue weighted by Gasteiger charge is -2.18.